The molecule has 6 nitrogen and oxygen atoms in total. The molecule has 0 spiro atoms. The molecule has 0 atom stereocenters. The van der Waals surface area contributed by atoms with Gasteiger partial charge in [0, 0.05) is 26.2 Å². The van der Waals surface area contributed by atoms with Crippen LogP contribution in [0.2, 0.25) is 0 Å². The Labute approximate surface area is 166 Å². The van der Waals surface area contributed by atoms with Crippen molar-refractivity contribution in [3.63, 3.8) is 0 Å². The number of piperazine rings is 1. The summed E-state index contributed by atoms with van der Waals surface area (Å²) in [6.07, 6.45) is -0.229. The van der Waals surface area contributed by atoms with Gasteiger partial charge < -0.3 is 19.1 Å². The zero-order chi connectivity index (χ0) is 19.9. The fourth-order valence-electron chi connectivity index (χ4n) is 3.56. The van der Waals surface area contributed by atoms with Crippen LogP contribution in [-0.2, 0) is 4.74 Å². The van der Waals surface area contributed by atoms with Crippen molar-refractivity contribution in [1.82, 2.24) is 9.80 Å². The van der Waals surface area contributed by atoms with Crippen LogP contribution in [-0.4, -0.2) is 62.9 Å². The van der Waals surface area contributed by atoms with Gasteiger partial charge in [-0.3, -0.25) is 4.90 Å². The summed E-state index contributed by atoms with van der Waals surface area (Å²) in [5.74, 6) is 1.67. The molecule has 0 radical (unpaired) electrons. The van der Waals surface area contributed by atoms with E-state index in [0.717, 1.165) is 24.6 Å². The van der Waals surface area contributed by atoms with Crippen LogP contribution < -0.4 is 9.47 Å². The Hall–Kier alpha value is -2.73. The Balaban J connectivity index is 1.83. The largest absolute Gasteiger partial charge is 0.497 e. The van der Waals surface area contributed by atoms with Gasteiger partial charge in [0.25, 0.3) is 0 Å². The third-order valence-electron chi connectivity index (χ3n) is 5.07. The quantitative estimate of drug-likeness (QED) is 0.762. The second-order valence-electron chi connectivity index (χ2n) is 6.67. The summed E-state index contributed by atoms with van der Waals surface area (Å²) < 4.78 is 15.7. The summed E-state index contributed by atoms with van der Waals surface area (Å²) >= 11 is 0. The molecule has 1 saturated heterocycles. The summed E-state index contributed by atoms with van der Waals surface area (Å²) in [5, 5.41) is 0. The van der Waals surface area contributed by atoms with Gasteiger partial charge >= 0.3 is 6.09 Å². The van der Waals surface area contributed by atoms with Gasteiger partial charge in [0.1, 0.15) is 11.5 Å². The van der Waals surface area contributed by atoms with E-state index < -0.39 is 0 Å². The number of nitrogens with zero attached hydrogens (tertiary/aromatic N) is 2. The number of rotatable bonds is 6. The molecule has 0 saturated carbocycles. The fourth-order valence-corrected chi connectivity index (χ4v) is 3.56. The monoisotopic (exact) mass is 384 g/mol. The zero-order valence-corrected chi connectivity index (χ0v) is 16.8. The number of amides is 1. The molecule has 1 amide bonds. The van der Waals surface area contributed by atoms with Crippen molar-refractivity contribution in [1.29, 1.82) is 0 Å². The van der Waals surface area contributed by atoms with Gasteiger partial charge in [-0.25, -0.2) is 4.79 Å². The van der Waals surface area contributed by atoms with E-state index in [1.54, 1.807) is 19.1 Å². The minimum Gasteiger partial charge on any atom is -0.497 e. The van der Waals surface area contributed by atoms with Gasteiger partial charge in [-0.05, 0) is 42.3 Å². The summed E-state index contributed by atoms with van der Waals surface area (Å²) in [4.78, 5) is 16.2. The summed E-state index contributed by atoms with van der Waals surface area (Å²) in [6, 6.07) is 16.5. The minimum absolute atomic E-state index is 0.0983. The number of benzene rings is 2. The summed E-state index contributed by atoms with van der Waals surface area (Å²) in [7, 11) is 3.34. The van der Waals surface area contributed by atoms with E-state index >= 15 is 0 Å². The zero-order valence-electron chi connectivity index (χ0n) is 16.8. The number of carbonyl (C=O) groups is 1. The lowest BCUT2D eigenvalue weighted by atomic mass is 9.96. The summed E-state index contributed by atoms with van der Waals surface area (Å²) in [6.45, 7) is 5.10. The molecule has 3 rings (SSSR count). The van der Waals surface area contributed by atoms with Crippen LogP contribution in [0.4, 0.5) is 4.79 Å². The second kappa shape index (κ2) is 9.46. The van der Waals surface area contributed by atoms with Crippen LogP contribution in [0.15, 0.2) is 48.5 Å². The van der Waals surface area contributed by atoms with Crippen LogP contribution >= 0.6 is 0 Å². The highest BCUT2D eigenvalue weighted by molar-refractivity contribution is 5.67. The standard InChI is InChI=1S/C22H28N2O4/c1-4-28-22(25)24-15-13-23(14-16-24)21(17-5-9-19(26-2)10-6-17)18-7-11-20(27-3)12-8-18/h5-12,21H,4,13-16H2,1-3H3. The molecule has 150 valence electrons. The van der Waals surface area contributed by atoms with Crippen LogP contribution in [0.1, 0.15) is 24.1 Å². The Morgan fingerprint density at radius 2 is 1.32 bits per heavy atom. The topological polar surface area (TPSA) is 51.2 Å². The first-order valence-electron chi connectivity index (χ1n) is 9.60. The van der Waals surface area contributed by atoms with Crippen molar-refractivity contribution in [2.24, 2.45) is 0 Å². The minimum atomic E-state index is -0.229. The predicted molar refractivity (Wildman–Crippen MR) is 108 cm³/mol. The maximum Gasteiger partial charge on any atom is 0.409 e. The van der Waals surface area contributed by atoms with Gasteiger partial charge in [0.15, 0.2) is 0 Å². The molecule has 6 heteroatoms. The highest BCUT2D eigenvalue weighted by Gasteiger charge is 2.28. The fraction of sp³-hybridized carbons (Fsp3) is 0.409. The number of hydrogen-bond donors (Lipinski definition) is 0. The third-order valence-corrected chi connectivity index (χ3v) is 5.07. The number of ether oxygens (including phenoxy) is 3. The SMILES string of the molecule is CCOC(=O)N1CCN(C(c2ccc(OC)cc2)c2ccc(OC)cc2)CC1. The van der Waals surface area contributed by atoms with E-state index in [0.29, 0.717) is 19.7 Å². The average Bonchev–Trinajstić information content (AvgIpc) is 2.75. The maximum atomic E-state index is 12.0. The number of methoxy groups -OCH3 is 2. The first-order valence-corrected chi connectivity index (χ1v) is 9.60. The van der Waals surface area contributed by atoms with Gasteiger partial charge in [0.05, 0.1) is 26.9 Å². The Kier molecular flexibility index (Phi) is 6.76. The van der Waals surface area contributed by atoms with E-state index in [4.69, 9.17) is 14.2 Å². The smallest absolute Gasteiger partial charge is 0.409 e. The number of carbonyl (C=O) groups excluding carboxylic acids is 1. The van der Waals surface area contributed by atoms with Crippen molar-refractivity contribution in [2.75, 3.05) is 47.0 Å². The van der Waals surface area contributed by atoms with Crippen LogP contribution in [0.25, 0.3) is 0 Å². The lowest BCUT2D eigenvalue weighted by Crippen LogP contribution is -2.50. The molecular formula is C22H28N2O4. The van der Waals surface area contributed by atoms with Crippen molar-refractivity contribution >= 4 is 6.09 Å². The highest BCUT2D eigenvalue weighted by atomic mass is 16.6. The molecule has 1 aliphatic rings. The summed E-state index contributed by atoms with van der Waals surface area (Å²) in [5.41, 5.74) is 2.38. The normalized spacial score (nSPS) is 14.8. The van der Waals surface area contributed by atoms with Crippen LogP contribution in [0.5, 0.6) is 11.5 Å². The van der Waals surface area contributed by atoms with Gasteiger partial charge in [-0.2, -0.15) is 0 Å². The Morgan fingerprint density at radius 1 is 0.857 bits per heavy atom. The maximum absolute atomic E-state index is 12.0. The lowest BCUT2D eigenvalue weighted by Gasteiger charge is -2.39. The molecule has 0 N–H and O–H groups in total. The molecular weight excluding hydrogens is 356 g/mol. The molecule has 0 aromatic heterocycles. The molecule has 28 heavy (non-hydrogen) atoms. The van der Waals surface area contributed by atoms with E-state index in [2.05, 4.69) is 29.2 Å². The Morgan fingerprint density at radius 3 is 1.71 bits per heavy atom. The van der Waals surface area contributed by atoms with Gasteiger partial charge in [-0.1, -0.05) is 24.3 Å². The third kappa shape index (κ3) is 4.57. The van der Waals surface area contributed by atoms with Crippen LogP contribution in [0, 0.1) is 0 Å². The average molecular weight is 384 g/mol. The predicted octanol–water partition coefficient (Wildman–Crippen LogP) is 3.57. The molecule has 2 aromatic carbocycles. The second-order valence-corrected chi connectivity index (χ2v) is 6.67. The molecule has 0 unspecified atom stereocenters. The molecule has 0 bridgehead atoms. The first-order chi connectivity index (χ1) is 13.7. The van der Waals surface area contributed by atoms with Crippen molar-refractivity contribution in [2.45, 2.75) is 13.0 Å². The molecule has 1 aliphatic heterocycles. The molecule has 1 fully saturated rings. The lowest BCUT2D eigenvalue weighted by molar-refractivity contribution is 0.0715. The van der Waals surface area contributed by atoms with E-state index in [1.807, 2.05) is 31.2 Å². The van der Waals surface area contributed by atoms with E-state index in [-0.39, 0.29) is 12.1 Å². The Bertz CT molecular complexity index is 706. The van der Waals surface area contributed by atoms with E-state index in [9.17, 15) is 4.79 Å². The van der Waals surface area contributed by atoms with Crippen molar-refractivity contribution < 1.29 is 19.0 Å². The molecule has 1 heterocycles. The highest BCUT2D eigenvalue weighted by Crippen LogP contribution is 2.31. The van der Waals surface area contributed by atoms with Crippen molar-refractivity contribution in [3.05, 3.63) is 59.7 Å². The molecule has 2 aromatic rings. The van der Waals surface area contributed by atoms with Crippen LogP contribution in [0.3, 0.4) is 0 Å². The first kappa shape index (κ1) is 20.0. The number of hydrogen-bond acceptors (Lipinski definition) is 5. The van der Waals surface area contributed by atoms with Gasteiger partial charge in [-0.15, -0.1) is 0 Å². The molecule has 0 aliphatic carbocycles. The van der Waals surface area contributed by atoms with Crippen molar-refractivity contribution in [3.8, 4) is 11.5 Å². The van der Waals surface area contributed by atoms with E-state index in [1.165, 1.54) is 11.1 Å². The van der Waals surface area contributed by atoms with Gasteiger partial charge in [0.2, 0.25) is 0 Å².